The van der Waals surface area contributed by atoms with Crippen LogP contribution in [0.3, 0.4) is 0 Å². The van der Waals surface area contributed by atoms with E-state index in [0.29, 0.717) is 5.92 Å². The second-order valence-electron chi connectivity index (χ2n) is 4.64. The minimum absolute atomic E-state index is 0.644. The summed E-state index contributed by atoms with van der Waals surface area (Å²) >= 11 is 0. The number of nitrogens with zero attached hydrogens (tertiary/aromatic N) is 3. The number of rotatable bonds is 2. The largest absolute Gasteiger partial charge is 0.355 e. The van der Waals surface area contributed by atoms with Crippen LogP contribution < -0.4 is 10.2 Å². The maximum Gasteiger partial charge on any atom is 0.133 e. The van der Waals surface area contributed by atoms with Crippen LogP contribution in [0.25, 0.3) is 0 Å². The summed E-state index contributed by atoms with van der Waals surface area (Å²) in [6, 6.07) is 2.04. The van der Waals surface area contributed by atoms with Crippen LogP contribution in [0, 0.1) is 0 Å². The summed E-state index contributed by atoms with van der Waals surface area (Å²) in [4.78, 5) is 11.4. The van der Waals surface area contributed by atoms with Crippen LogP contribution in [0.15, 0.2) is 12.3 Å². The van der Waals surface area contributed by atoms with Gasteiger partial charge in [-0.25, -0.2) is 9.97 Å². The Morgan fingerprint density at radius 3 is 3.06 bits per heavy atom. The number of hydrogen-bond acceptors (Lipinski definition) is 4. The zero-order valence-electron chi connectivity index (χ0n) is 9.52. The third kappa shape index (κ3) is 2.16. The predicted octanol–water partition coefficient (Wildman–Crippen LogP) is 1.15. The van der Waals surface area contributed by atoms with Crippen LogP contribution in [-0.2, 0) is 0 Å². The van der Waals surface area contributed by atoms with Gasteiger partial charge >= 0.3 is 0 Å². The lowest BCUT2D eigenvalue weighted by molar-refractivity contribution is 0.724. The molecule has 0 radical (unpaired) electrons. The first-order chi connectivity index (χ1) is 7.93. The van der Waals surface area contributed by atoms with Crippen LogP contribution >= 0.6 is 0 Å². The molecule has 0 spiro atoms. The van der Waals surface area contributed by atoms with Crippen molar-refractivity contribution < 1.29 is 0 Å². The van der Waals surface area contributed by atoms with E-state index in [4.69, 9.17) is 0 Å². The Morgan fingerprint density at radius 2 is 2.19 bits per heavy atom. The van der Waals surface area contributed by atoms with Gasteiger partial charge in [0.05, 0.1) is 0 Å². The molecule has 2 fully saturated rings. The molecule has 4 heteroatoms. The molecule has 0 atom stereocenters. The maximum absolute atomic E-state index is 4.69. The molecule has 1 aromatic heterocycles. The minimum Gasteiger partial charge on any atom is -0.355 e. The smallest absolute Gasteiger partial charge is 0.133 e. The molecule has 86 valence electrons. The molecule has 16 heavy (non-hydrogen) atoms. The summed E-state index contributed by atoms with van der Waals surface area (Å²) in [6.07, 6.45) is 5.65. The second kappa shape index (κ2) is 4.37. The van der Waals surface area contributed by atoms with E-state index in [1.165, 1.54) is 19.3 Å². The van der Waals surface area contributed by atoms with Gasteiger partial charge in [-0.15, -0.1) is 0 Å². The Kier molecular flexibility index (Phi) is 2.74. The quantitative estimate of drug-likeness (QED) is 0.808. The van der Waals surface area contributed by atoms with Crippen molar-refractivity contribution >= 4 is 5.82 Å². The Labute approximate surface area is 96.1 Å². The van der Waals surface area contributed by atoms with Crippen molar-refractivity contribution in [2.45, 2.75) is 25.2 Å². The summed E-state index contributed by atoms with van der Waals surface area (Å²) in [5.41, 5.74) is 0. The minimum atomic E-state index is 0.644. The van der Waals surface area contributed by atoms with Crippen molar-refractivity contribution in [2.75, 3.05) is 31.1 Å². The SMILES string of the molecule is c1cc(N2CCCNCC2)nc(C2CC2)n1. The lowest BCUT2D eigenvalue weighted by atomic mass is 10.3. The molecule has 3 rings (SSSR count). The van der Waals surface area contributed by atoms with Crippen LogP contribution in [0.2, 0.25) is 0 Å². The van der Waals surface area contributed by atoms with Gasteiger partial charge in [-0.2, -0.15) is 0 Å². The second-order valence-corrected chi connectivity index (χ2v) is 4.64. The molecule has 0 unspecified atom stereocenters. The van der Waals surface area contributed by atoms with Crippen molar-refractivity contribution in [3.8, 4) is 0 Å². The van der Waals surface area contributed by atoms with Gasteiger partial charge in [0, 0.05) is 31.7 Å². The van der Waals surface area contributed by atoms with Crippen LogP contribution in [0.5, 0.6) is 0 Å². The molecule has 1 aliphatic carbocycles. The van der Waals surface area contributed by atoms with Crippen LogP contribution in [0.4, 0.5) is 5.82 Å². The highest BCUT2D eigenvalue weighted by molar-refractivity contribution is 5.38. The van der Waals surface area contributed by atoms with E-state index < -0.39 is 0 Å². The topological polar surface area (TPSA) is 41.0 Å². The molecule has 0 amide bonds. The summed E-state index contributed by atoms with van der Waals surface area (Å²) < 4.78 is 0. The normalized spacial score (nSPS) is 21.9. The molecule has 2 heterocycles. The average Bonchev–Trinajstić information content (AvgIpc) is 3.17. The van der Waals surface area contributed by atoms with Crippen LogP contribution in [-0.4, -0.2) is 36.1 Å². The summed E-state index contributed by atoms with van der Waals surface area (Å²) in [6.45, 7) is 4.34. The number of hydrogen-bond donors (Lipinski definition) is 1. The summed E-state index contributed by atoms with van der Waals surface area (Å²) in [5, 5.41) is 3.41. The fourth-order valence-electron chi connectivity index (χ4n) is 2.15. The van der Waals surface area contributed by atoms with E-state index in [0.717, 1.165) is 37.8 Å². The molecule has 1 aromatic rings. The van der Waals surface area contributed by atoms with Gasteiger partial charge in [0.25, 0.3) is 0 Å². The molecule has 1 saturated carbocycles. The molecule has 1 N–H and O–H groups in total. The van der Waals surface area contributed by atoms with Gasteiger partial charge in [-0.05, 0) is 31.9 Å². The summed E-state index contributed by atoms with van der Waals surface area (Å²) in [7, 11) is 0. The zero-order chi connectivity index (χ0) is 10.8. The first-order valence-electron chi connectivity index (χ1n) is 6.22. The van der Waals surface area contributed by atoms with Gasteiger partial charge in [0.15, 0.2) is 0 Å². The van der Waals surface area contributed by atoms with Crippen LogP contribution in [0.1, 0.15) is 31.0 Å². The van der Waals surface area contributed by atoms with Gasteiger partial charge < -0.3 is 10.2 Å². The lowest BCUT2D eigenvalue weighted by Crippen LogP contribution is -2.28. The fraction of sp³-hybridized carbons (Fsp3) is 0.667. The number of nitrogens with one attached hydrogen (secondary N) is 1. The van der Waals surface area contributed by atoms with E-state index >= 15 is 0 Å². The number of anilines is 1. The van der Waals surface area contributed by atoms with E-state index in [1.54, 1.807) is 0 Å². The lowest BCUT2D eigenvalue weighted by Gasteiger charge is -2.21. The van der Waals surface area contributed by atoms with Crippen molar-refractivity contribution in [3.05, 3.63) is 18.1 Å². The van der Waals surface area contributed by atoms with Crippen molar-refractivity contribution in [1.82, 2.24) is 15.3 Å². The first kappa shape index (κ1) is 10.0. The van der Waals surface area contributed by atoms with Gasteiger partial charge in [0.2, 0.25) is 0 Å². The summed E-state index contributed by atoms with van der Waals surface area (Å²) in [5.74, 6) is 2.81. The van der Waals surface area contributed by atoms with Gasteiger partial charge in [-0.1, -0.05) is 0 Å². The van der Waals surface area contributed by atoms with E-state index in [2.05, 4.69) is 20.2 Å². The first-order valence-corrected chi connectivity index (χ1v) is 6.22. The molecular weight excluding hydrogens is 200 g/mol. The third-order valence-electron chi connectivity index (χ3n) is 3.27. The molecule has 4 nitrogen and oxygen atoms in total. The highest BCUT2D eigenvalue weighted by Crippen LogP contribution is 2.38. The van der Waals surface area contributed by atoms with E-state index in [9.17, 15) is 0 Å². The number of aromatic nitrogens is 2. The molecular formula is C12H18N4. The Balaban J connectivity index is 1.78. The van der Waals surface area contributed by atoms with E-state index in [1.807, 2.05) is 12.3 Å². The highest BCUT2D eigenvalue weighted by atomic mass is 15.2. The Bertz CT molecular complexity index is 354. The van der Waals surface area contributed by atoms with Crippen molar-refractivity contribution in [3.63, 3.8) is 0 Å². The molecule has 1 aliphatic heterocycles. The molecule has 1 saturated heterocycles. The molecule has 2 aliphatic rings. The van der Waals surface area contributed by atoms with Gasteiger partial charge in [-0.3, -0.25) is 0 Å². The predicted molar refractivity (Wildman–Crippen MR) is 63.7 cm³/mol. The fourth-order valence-corrected chi connectivity index (χ4v) is 2.15. The highest BCUT2D eigenvalue weighted by Gasteiger charge is 2.27. The van der Waals surface area contributed by atoms with E-state index in [-0.39, 0.29) is 0 Å². The molecule has 0 bridgehead atoms. The van der Waals surface area contributed by atoms with Crippen molar-refractivity contribution in [1.29, 1.82) is 0 Å². The molecule has 0 aromatic carbocycles. The standard InChI is InChI=1S/C12H18N4/c1-5-13-7-9-16(8-1)11-4-6-14-12(15-11)10-2-3-10/h4,6,10,13H,1-3,5,7-9H2. The average molecular weight is 218 g/mol. The Morgan fingerprint density at radius 1 is 1.25 bits per heavy atom. The Hall–Kier alpha value is -1.16. The van der Waals surface area contributed by atoms with Gasteiger partial charge in [0.1, 0.15) is 11.6 Å². The third-order valence-corrected chi connectivity index (χ3v) is 3.27. The maximum atomic E-state index is 4.69. The zero-order valence-corrected chi connectivity index (χ0v) is 9.52. The van der Waals surface area contributed by atoms with Crippen molar-refractivity contribution in [2.24, 2.45) is 0 Å². The monoisotopic (exact) mass is 218 g/mol.